The molecule has 0 rings (SSSR count). The smallest absolute Gasteiger partial charge is 0.315 e. The molecular formula is C10H21N3O2. The van der Waals surface area contributed by atoms with Gasteiger partial charge in [-0.2, -0.15) is 0 Å². The highest BCUT2D eigenvalue weighted by molar-refractivity contribution is 5.86. The Balaban J connectivity index is 4.14. The van der Waals surface area contributed by atoms with E-state index >= 15 is 0 Å². The van der Waals surface area contributed by atoms with E-state index in [-0.39, 0.29) is 17.5 Å². The fourth-order valence-corrected chi connectivity index (χ4v) is 1.02. The van der Waals surface area contributed by atoms with Crippen LogP contribution in [0.2, 0.25) is 0 Å². The molecule has 0 heterocycles. The van der Waals surface area contributed by atoms with Crippen LogP contribution < -0.4 is 10.6 Å². The second kappa shape index (κ2) is 5.00. The number of likely N-dealkylation sites (N-methyl/N-ethyl adjacent to an activating group) is 1. The van der Waals surface area contributed by atoms with E-state index in [1.165, 1.54) is 4.90 Å². The van der Waals surface area contributed by atoms with E-state index in [1.54, 1.807) is 21.0 Å². The topological polar surface area (TPSA) is 61.4 Å². The van der Waals surface area contributed by atoms with Crippen LogP contribution >= 0.6 is 0 Å². The maximum Gasteiger partial charge on any atom is 0.315 e. The van der Waals surface area contributed by atoms with Crippen molar-refractivity contribution < 1.29 is 9.59 Å². The molecule has 0 radical (unpaired) electrons. The van der Waals surface area contributed by atoms with Gasteiger partial charge in [0.2, 0.25) is 5.91 Å². The summed E-state index contributed by atoms with van der Waals surface area (Å²) in [5, 5.41) is 5.30. The van der Waals surface area contributed by atoms with Gasteiger partial charge in [-0.15, -0.1) is 0 Å². The van der Waals surface area contributed by atoms with Crippen molar-refractivity contribution in [3.63, 3.8) is 0 Å². The summed E-state index contributed by atoms with van der Waals surface area (Å²) >= 11 is 0. The molecule has 0 spiro atoms. The van der Waals surface area contributed by atoms with Crippen molar-refractivity contribution in [2.75, 3.05) is 14.1 Å². The number of nitrogens with one attached hydrogen (secondary N) is 2. The fourth-order valence-electron chi connectivity index (χ4n) is 1.02. The van der Waals surface area contributed by atoms with Gasteiger partial charge in [-0.1, -0.05) is 0 Å². The molecule has 0 aromatic heterocycles. The Labute approximate surface area is 91.2 Å². The van der Waals surface area contributed by atoms with Gasteiger partial charge in [0.1, 0.15) is 6.04 Å². The van der Waals surface area contributed by atoms with Crippen LogP contribution in [-0.4, -0.2) is 42.5 Å². The molecule has 5 heteroatoms. The molecule has 0 bridgehead atoms. The molecule has 5 nitrogen and oxygen atoms in total. The van der Waals surface area contributed by atoms with Crippen molar-refractivity contribution >= 4 is 11.9 Å². The lowest BCUT2D eigenvalue weighted by Crippen LogP contribution is -2.52. The Hall–Kier alpha value is -1.26. The molecule has 3 amide bonds. The van der Waals surface area contributed by atoms with Gasteiger partial charge in [-0.3, -0.25) is 4.79 Å². The van der Waals surface area contributed by atoms with Crippen LogP contribution in [0.1, 0.15) is 27.7 Å². The van der Waals surface area contributed by atoms with Gasteiger partial charge < -0.3 is 15.5 Å². The summed E-state index contributed by atoms with van der Waals surface area (Å²) in [5.41, 5.74) is -0.301. The molecule has 0 aliphatic rings. The first kappa shape index (κ1) is 13.7. The van der Waals surface area contributed by atoms with Crippen molar-refractivity contribution in [3.05, 3.63) is 0 Å². The molecule has 0 saturated heterocycles. The lowest BCUT2D eigenvalue weighted by Gasteiger charge is -2.23. The molecule has 0 aromatic carbocycles. The van der Waals surface area contributed by atoms with Crippen molar-refractivity contribution in [1.29, 1.82) is 0 Å². The van der Waals surface area contributed by atoms with Gasteiger partial charge in [-0.25, -0.2) is 4.79 Å². The van der Waals surface area contributed by atoms with Crippen LogP contribution in [0.5, 0.6) is 0 Å². The van der Waals surface area contributed by atoms with Gasteiger partial charge in [0.25, 0.3) is 0 Å². The van der Waals surface area contributed by atoms with E-state index in [1.807, 2.05) is 20.8 Å². The monoisotopic (exact) mass is 215 g/mol. The van der Waals surface area contributed by atoms with Gasteiger partial charge in [0, 0.05) is 19.6 Å². The highest BCUT2D eigenvalue weighted by Gasteiger charge is 2.19. The molecule has 0 fully saturated rings. The summed E-state index contributed by atoms with van der Waals surface area (Å²) in [5.74, 6) is -0.126. The average Bonchev–Trinajstić information content (AvgIpc) is 1.98. The summed E-state index contributed by atoms with van der Waals surface area (Å²) in [4.78, 5) is 24.3. The van der Waals surface area contributed by atoms with E-state index in [2.05, 4.69) is 10.6 Å². The zero-order valence-electron chi connectivity index (χ0n) is 10.3. The molecule has 0 aliphatic heterocycles. The molecule has 0 aromatic rings. The van der Waals surface area contributed by atoms with Gasteiger partial charge in [0.15, 0.2) is 0 Å². The predicted molar refractivity (Wildman–Crippen MR) is 59.6 cm³/mol. The average molecular weight is 215 g/mol. The highest BCUT2D eigenvalue weighted by Crippen LogP contribution is 1.98. The fraction of sp³-hybridized carbons (Fsp3) is 0.800. The number of hydrogen-bond donors (Lipinski definition) is 2. The number of amides is 3. The van der Waals surface area contributed by atoms with E-state index in [0.29, 0.717) is 0 Å². The first-order valence-corrected chi connectivity index (χ1v) is 4.93. The van der Waals surface area contributed by atoms with Crippen LogP contribution in [0.3, 0.4) is 0 Å². The number of urea groups is 1. The minimum Gasteiger partial charge on any atom is -0.347 e. The lowest BCUT2D eigenvalue weighted by atomic mass is 10.1. The molecule has 1 atom stereocenters. The second-order valence-electron chi connectivity index (χ2n) is 4.80. The van der Waals surface area contributed by atoms with Gasteiger partial charge >= 0.3 is 6.03 Å². The van der Waals surface area contributed by atoms with Gasteiger partial charge in [0.05, 0.1) is 0 Å². The van der Waals surface area contributed by atoms with Crippen LogP contribution in [0.25, 0.3) is 0 Å². The van der Waals surface area contributed by atoms with Crippen LogP contribution in [0, 0.1) is 0 Å². The number of rotatable bonds is 2. The largest absolute Gasteiger partial charge is 0.347 e. The zero-order valence-corrected chi connectivity index (χ0v) is 10.3. The summed E-state index contributed by atoms with van der Waals surface area (Å²) in [7, 11) is 3.31. The molecule has 0 saturated carbocycles. The van der Waals surface area contributed by atoms with E-state index in [0.717, 1.165) is 0 Å². The summed E-state index contributed by atoms with van der Waals surface area (Å²) in [6.45, 7) is 7.30. The summed E-state index contributed by atoms with van der Waals surface area (Å²) in [6.07, 6.45) is 0. The van der Waals surface area contributed by atoms with E-state index in [9.17, 15) is 9.59 Å². The number of hydrogen-bond acceptors (Lipinski definition) is 2. The SMILES string of the molecule is CC(NC(=O)NC(C)(C)C)C(=O)N(C)C. The standard InChI is InChI=1S/C10H21N3O2/c1-7(8(14)13(5)6)11-9(15)12-10(2,3)4/h7H,1-6H3,(H2,11,12,15). The summed E-state index contributed by atoms with van der Waals surface area (Å²) < 4.78 is 0. The molecule has 1 unspecified atom stereocenters. The Bertz CT molecular complexity index is 244. The maximum atomic E-state index is 11.4. The van der Waals surface area contributed by atoms with Crippen molar-refractivity contribution in [3.8, 4) is 0 Å². The minimum absolute atomic E-state index is 0.126. The predicted octanol–water partition coefficient (Wildman–Crippen LogP) is 0.561. The molecule has 15 heavy (non-hydrogen) atoms. The van der Waals surface area contributed by atoms with Crippen molar-refractivity contribution in [2.45, 2.75) is 39.3 Å². The Morgan fingerprint density at radius 1 is 1.20 bits per heavy atom. The normalized spacial score (nSPS) is 12.9. The molecule has 88 valence electrons. The van der Waals surface area contributed by atoms with E-state index < -0.39 is 6.04 Å². The third kappa shape index (κ3) is 5.93. The molecule has 2 N–H and O–H groups in total. The van der Waals surface area contributed by atoms with Crippen molar-refractivity contribution in [2.24, 2.45) is 0 Å². The zero-order chi connectivity index (χ0) is 12.2. The quantitative estimate of drug-likeness (QED) is 0.707. The first-order valence-electron chi connectivity index (χ1n) is 4.93. The molecule has 0 aliphatic carbocycles. The maximum absolute atomic E-state index is 11.4. The number of carbonyl (C=O) groups is 2. The Morgan fingerprint density at radius 2 is 1.67 bits per heavy atom. The van der Waals surface area contributed by atoms with Crippen molar-refractivity contribution in [1.82, 2.24) is 15.5 Å². The highest BCUT2D eigenvalue weighted by atomic mass is 16.2. The van der Waals surface area contributed by atoms with Gasteiger partial charge in [-0.05, 0) is 27.7 Å². The first-order chi connectivity index (χ1) is 6.63. The van der Waals surface area contributed by atoms with E-state index in [4.69, 9.17) is 0 Å². The lowest BCUT2D eigenvalue weighted by molar-refractivity contribution is -0.130. The number of nitrogens with zero attached hydrogens (tertiary/aromatic N) is 1. The Kier molecular flexibility index (Phi) is 4.58. The Morgan fingerprint density at radius 3 is 2.00 bits per heavy atom. The third-order valence-electron chi connectivity index (χ3n) is 1.65. The molecular weight excluding hydrogens is 194 g/mol. The number of carbonyl (C=O) groups excluding carboxylic acids is 2. The third-order valence-corrected chi connectivity index (χ3v) is 1.65. The van der Waals surface area contributed by atoms with Crippen LogP contribution in [0.15, 0.2) is 0 Å². The summed E-state index contributed by atoms with van der Waals surface area (Å²) in [6, 6.07) is -0.840. The minimum atomic E-state index is -0.512. The second-order valence-corrected chi connectivity index (χ2v) is 4.80. The van der Waals surface area contributed by atoms with Crippen LogP contribution in [0.4, 0.5) is 4.79 Å². The van der Waals surface area contributed by atoms with Crippen LogP contribution in [-0.2, 0) is 4.79 Å².